The average Bonchev–Trinajstić information content (AvgIpc) is 2.29. The molecule has 2 rings (SSSR count). The van der Waals surface area contributed by atoms with Crippen LogP contribution in [-0.4, -0.2) is 25.3 Å². The second-order valence-electron chi connectivity index (χ2n) is 3.83. The Hall–Kier alpha value is -1.91. The molecule has 1 aromatic carbocycles. The van der Waals surface area contributed by atoms with Crippen molar-refractivity contribution in [3.8, 4) is 5.75 Å². The first kappa shape index (κ1) is 11.6. The number of hydrogen-bond acceptors (Lipinski definition) is 3. The molecule has 0 unspecified atom stereocenters. The zero-order valence-corrected chi connectivity index (χ0v) is 9.40. The van der Waals surface area contributed by atoms with Crippen molar-refractivity contribution in [1.82, 2.24) is 0 Å². The van der Waals surface area contributed by atoms with Gasteiger partial charge in [-0.05, 0) is 12.1 Å². The van der Waals surface area contributed by atoms with E-state index < -0.39 is 5.82 Å². The van der Waals surface area contributed by atoms with Crippen LogP contribution in [0.3, 0.4) is 0 Å². The Morgan fingerprint density at radius 3 is 2.71 bits per heavy atom. The van der Waals surface area contributed by atoms with Crippen LogP contribution in [0.1, 0.15) is 12.8 Å². The molecule has 0 N–H and O–H groups in total. The summed E-state index contributed by atoms with van der Waals surface area (Å²) in [6.07, 6.45) is 0.215. The van der Waals surface area contributed by atoms with Crippen LogP contribution in [0.15, 0.2) is 18.2 Å². The van der Waals surface area contributed by atoms with Gasteiger partial charge in [-0.25, -0.2) is 4.39 Å². The number of anilines is 1. The lowest BCUT2D eigenvalue weighted by Crippen LogP contribution is -2.39. The minimum absolute atomic E-state index is 0.0692. The Balaban J connectivity index is 2.25. The first-order chi connectivity index (χ1) is 8.11. The summed E-state index contributed by atoms with van der Waals surface area (Å²) < 4.78 is 18.3. The molecule has 0 saturated carbocycles. The highest BCUT2D eigenvalue weighted by Gasteiger charge is 2.25. The molecule has 1 aliphatic heterocycles. The predicted molar refractivity (Wildman–Crippen MR) is 59.5 cm³/mol. The molecule has 90 valence electrons. The number of halogens is 1. The third-order valence-electron chi connectivity index (χ3n) is 2.71. The van der Waals surface area contributed by atoms with Crippen molar-refractivity contribution in [2.24, 2.45) is 0 Å². The third-order valence-corrected chi connectivity index (χ3v) is 2.71. The fraction of sp³-hybridized carbons (Fsp3) is 0.333. The monoisotopic (exact) mass is 237 g/mol. The summed E-state index contributed by atoms with van der Waals surface area (Å²) in [4.78, 5) is 24.1. The molecule has 1 saturated heterocycles. The summed E-state index contributed by atoms with van der Waals surface area (Å²) in [5.41, 5.74) is 0.459. The van der Waals surface area contributed by atoms with E-state index in [-0.39, 0.29) is 23.9 Å². The highest BCUT2D eigenvalue weighted by atomic mass is 19.1. The molecule has 17 heavy (non-hydrogen) atoms. The van der Waals surface area contributed by atoms with Gasteiger partial charge in [0.25, 0.3) is 0 Å². The molecule has 4 nitrogen and oxygen atoms in total. The van der Waals surface area contributed by atoms with E-state index in [1.54, 1.807) is 6.07 Å². The molecule has 1 fully saturated rings. The molecule has 1 aromatic rings. The number of piperidine rings is 1. The van der Waals surface area contributed by atoms with E-state index in [0.717, 1.165) is 0 Å². The molecule has 0 spiro atoms. The third kappa shape index (κ3) is 2.27. The van der Waals surface area contributed by atoms with Crippen molar-refractivity contribution in [2.45, 2.75) is 12.8 Å². The van der Waals surface area contributed by atoms with Crippen LogP contribution >= 0.6 is 0 Å². The average molecular weight is 237 g/mol. The molecule has 1 heterocycles. The Kier molecular flexibility index (Phi) is 3.08. The lowest BCUT2D eigenvalue weighted by atomic mass is 10.1. The van der Waals surface area contributed by atoms with Crippen LogP contribution < -0.4 is 9.64 Å². The van der Waals surface area contributed by atoms with Crippen LogP contribution in [0.25, 0.3) is 0 Å². The zero-order chi connectivity index (χ0) is 12.4. The Morgan fingerprint density at radius 1 is 1.35 bits per heavy atom. The highest BCUT2D eigenvalue weighted by Crippen LogP contribution is 2.25. The number of carbonyl (C=O) groups is 2. The van der Waals surface area contributed by atoms with Crippen molar-refractivity contribution in [3.63, 3.8) is 0 Å². The second kappa shape index (κ2) is 4.53. The van der Waals surface area contributed by atoms with Crippen LogP contribution in [0.4, 0.5) is 10.1 Å². The summed E-state index contributed by atoms with van der Waals surface area (Å²) in [6, 6.07) is 4.32. The molecule has 1 aliphatic rings. The van der Waals surface area contributed by atoms with Crippen molar-refractivity contribution < 1.29 is 18.7 Å². The van der Waals surface area contributed by atoms with Gasteiger partial charge < -0.3 is 9.64 Å². The van der Waals surface area contributed by atoms with Gasteiger partial charge in [0.15, 0.2) is 11.6 Å². The maximum absolute atomic E-state index is 13.5. The number of methoxy groups -OCH3 is 1. The van der Waals surface area contributed by atoms with Gasteiger partial charge in [0, 0.05) is 24.7 Å². The fourth-order valence-corrected chi connectivity index (χ4v) is 1.81. The van der Waals surface area contributed by atoms with E-state index in [0.29, 0.717) is 18.7 Å². The van der Waals surface area contributed by atoms with Gasteiger partial charge in [0.05, 0.1) is 13.5 Å². The number of ether oxygens (including phenoxy) is 1. The number of benzene rings is 1. The smallest absolute Gasteiger partial charge is 0.234 e. The molecule has 0 atom stereocenters. The maximum Gasteiger partial charge on any atom is 0.234 e. The minimum Gasteiger partial charge on any atom is -0.494 e. The Morgan fingerprint density at radius 2 is 2.12 bits per heavy atom. The fourth-order valence-electron chi connectivity index (χ4n) is 1.81. The van der Waals surface area contributed by atoms with Gasteiger partial charge in [-0.2, -0.15) is 0 Å². The summed E-state index contributed by atoms with van der Waals surface area (Å²) in [5, 5.41) is 0. The Bertz CT molecular complexity index is 473. The molecule has 1 amide bonds. The number of amides is 1. The predicted octanol–water partition coefficient (Wildman–Crippen LogP) is 1.53. The van der Waals surface area contributed by atoms with Gasteiger partial charge in [-0.1, -0.05) is 0 Å². The van der Waals surface area contributed by atoms with E-state index >= 15 is 0 Å². The first-order valence-electron chi connectivity index (χ1n) is 5.27. The van der Waals surface area contributed by atoms with Crippen LogP contribution in [0, 0.1) is 5.82 Å². The second-order valence-corrected chi connectivity index (χ2v) is 3.83. The summed E-state index contributed by atoms with van der Waals surface area (Å²) in [5.74, 6) is -0.741. The van der Waals surface area contributed by atoms with Gasteiger partial charge >= 0.3 is 0 Å². The summed E-state index contributed by atoms with van der Waals surface area (Å²) >= 11 is 0. The largest absolute Gasteiger partial charge is 0.494 e. The van der Waals surface area contributed by atoms with Gasteiger partial charge in [0.1, 0.15) is 5.78 Å². The quantitative estimate of drug-likeness (QED) is 0.733. The maximum atomic E-state index is 13.5. The zero-order valence-electron chi connectivity index (χ0n) is 9.40. The molecule has 0 aromatic heterocycles. The number of rotatable bonds is 2. The van der Waals surface area contributed by atoms with E-state index in [4.69, 9.17) is 4.74 Å². The summed E-state index contributed by atoms with van der Waals surface area (Å²) in [7, 11) is 1.38. The Labute approximate surface area is 98.0 Å². The van der Waals surface area contributed by atoms with Crippen molar-refractivity contribution in [3.05, 3.63) is 24.0 Å². The summed E-state index contributed by atoms with van der Waals surface area (Å²) in [6.45, 7) is 0.309. The number of carbonyl (C=O) groups excluding carboxylic acids is 2. The topological polar surface area (TPSA) is 46.6 Å². The van der Waals surface area contributed by atoms with Crippen LogP contribution in [0.2, 0.25) is 0 Å². The van der Waals surface area contributed by atoms with E-state index in [1.807, 2.05) is 0 Å². The molecular formula is C12H12FNO3. The van der Waals surface area contributed by atoms with E-state index in [9.17, 15) is 14.0 Å². The molecule has 0 radical (unpaired) electrons. The van der Waals surface area contributed by atoms with Crippen molar-refractivity contribution >= 4 is 17.4 Å². The minimum atomic E-state index is -0.519. The molecule has 5 heteroatoms. The van der Waals surface area contributed by atoms with Crippen molar-refractivity contribution in [2.75, 3.05) is 18.6 Å². The number of hydrogen-bond donors (Lipinski definition) is 0. The van der Waals surface area contributed by atoms with E-state index in [2.05, 4.69) is 0 Å². The molecular weight excluding hydrogens is 225 g/mol. The van der Waals surface area contributed by atoms with Crippen LogP contribution in [-0.2, 0) is 9.59 Å². The van der Waals surface area contributed by atoms with Gasteiger partial charge in [0.2, 0.25) is 5.91 Å². The molecule has 0 bridgehead atoms. The van der Waals surface area contributed by atoms with E-state index in [1.165, 1.54) is 24.1 Å². The standard InChI is InChI=1S/C12H12FNO3/c1-17-11-3-2-8(6-10(11)13)14-5-4-9(15)7-12(14)16/h2-3,6H,4-5,7H2,1H3. The molecule has 0 aliphatic carbocycles. The van der Waals surface area contributed by atoms with Gasteiger partial charge in [-0.3, -0.25) is 9.59 Å². The van der Waals surface area contributed by atoms with Gasteiger partial charge in [-0.15, -0.1) is 0 Å². The van der Waals surface area contributed by atoms with Crippen molar-refractivity contribution in [1.29, 1.82) is 0 Å². The normalized spacial score (nSPS) is 16.2. The number of ketones is 1. The highest BCUT2D eigenvalue weighted by molar-refractivity contribution is 6.08. The number of Topliss-reactive ketones (excluding diaryl/α,β-unsaturated/α-hetero) is 1. The lowest BCUT2D eigenvalue weighted by molar-refractivity contribution is -0.128. The first-order valence-corrected chi connectivity index (χ1v) is 5.27. The van der Waals surface area contributed by atoms with Crippen LogP contribution in [0.5, 0.6) is 5.75 Å². The lowest BCUT2D eigenvalue weighted by Gasteiger charge is -2.26. The SMILES string of the molecule is COc1ccc(N2CCC(=O)CC2=O)cc1F. The number of nitrogens with zero attached hydrogens (tertiary/aromatic N) is 1.